The number of methoxy groups -OCH3 is 1. The molecule has 1 aromatic carbocycles. The summed E-state index contributed by atoms with van der Waals surface area (Å²) in [7, 11) is 1.68. The minimum atomic E-state index is 0.0660. The topological polar surface area (TPSA) is 61.0 Å². The fourth-order valence-corrected chi connectivity index (χ4v) is 3.94. The van der Waals surface area contributed by atoms with Crippen LogP contribution >= 0.6 is 23.3 Å². The molecule has 0 aliphatic rings. The third-order valence-corrected chi connectivity index (χ3v) is 5.30. The summed E-state index contributed by atoms with van der Waals surface area (Å²) >= 11 is 3.10. The summed E-state index contributed by atoms with van der Waals surface area (Å²) < 4.78 is 10.5. The van der Waals surface area contributed by atoms with Crippen molar-refractivity contribution in [2.75, 3.05) is 7.11 Å². The van der Waals surface area contributed by atoms with Crippen molar-refractivity contribution >= 4 is 23.3 Å². The molecule has 6 heteroatoms. The van der Waals surface area contributed by atoms with E-state index >= 15 is 0 Å². The van der Waals surface area contributed by atoms with Crippen molar-refractivity contribution in [2.45, 2.75) is 35.9 Å². The van der Waals surface area contributed by atoms with Crippen LogP contribution in [0.15, 0.2) is 28.6 Å². The van der Waals surface area contributed by atoms with Crippen LogP contribution in [-0.2, 0) is 0 Å². The van der Waals surface area contributed by atoms with Crippen molar-refractivity contribution in [1.29, 1.82) is 0 Å². The van der Waals surface area contributed by atoms with Gasteiger partial charge in [0.1, 0.15) is 11.6 Å². The Morgan fingerprint density at radius 1 is 1.45 bits per heavy atom. The molecule has 1 aromatic heterocycles. The summed E-state index contributed by atoms with van der Waals surface area (Å²) in [6.07, 6.45) is 0.909. The lowest BCUT2D eigenvalue weighted by molar-refractivity contribution is 0.414. The SMILES string of the molecule is CCC(N)C(Sc1nc(C)ns1)c1cccc(OC)c1. The van der Waals surface area contributed by atoms with E-state index in [4.69, 9.17) is 10.5 Å². The van der Waals surface area contributed by atoms with E-state index in [2.05, 4.69) is 22.3 Å². The van der Waals surface area contributed by atoms with Crippen LogP contribution in [0.4, 0.5) is 0 Å². The molecule has 0 saturated heterocycles. The Bertz CT molecular complexity index is 559. The standard InChI is InChI=1S/C14H19N3OS2/c1-4-12(15)13(19-14-16-9(2)17-20-14)10-6-5-7-11(8-10)18-3/h5-8,12-13H,4,15H2,1-3H3. The number of hydrogen-bond acceptors (Lipinski definition) is 6. The van der Waals surface area contributed by atoms with Crippen LogP contribution in [0.1, 0.15) is 30.0 Å². The number of benzene rings is 1. The molecule has 2 aromatic rings. The summed E-state index contributed by atoms with van der Waals surface area (Å²) in [5.74, 6) is 1.66. The molecule has 0 spiro atoms. The van der Waals surface area contributed by atoms with E-state index in [1.54, 1.807) is 18.9 Å². The highest BCUT2D eigenvalue weighted by Gasteiger charge is 2.22. The molecule has 0 radical (unpaired) electrons. The minimum Gasteiger partial charge on any atom is -0.497 e. The van der Waals surface area contributed by atoms with Gasteiger partial charge in [-0.05, 0) is 42.6 Å². The van der Waals surface area contributed by atoms with Gasteiger partial charge in [0.15, 0.2) is 4.34 Å². The third kappa shape index (κ3) is 3.71. The van der Waals surface area contributed by atoms with Crippen LogP contribution in [-0.4, -0.2) is 22.5 Å². The number of nitrogens with two attached hydrogens (primary N) is 1. The number of ether oxygens (including phenoxy) is 1. The molecule has 0 aliphatic heterocycles. The maximum atomic E-state index is 6.29. The lowest BCUT2D eigenvalue weighted by atomic mass is 10.0. The molecule has 0 bridgehead atoms. The molecular weight excluding hydrogens is 290 g/mol. The zero-order valence-electron chi connectivity index (χ0n) is 11.9. The average Bonchev–Trinajstić information content (AvgIpc) is 2.89. The van der Waals surface area contributed by atoms with Crippen LogP contribution in [0.3, 0.4) is 0 Å². The molecule has 2 atom stereocenters. The van der Waals surface area contributed by atoms with Crippen LogP contribution < -0.4 is 10.5 Å². The average molecular weight is 309 g/mol. The smallest absolute Gasteiger partial charge is 0.170 e. The van der Waals surface area contributed by atoms with Gasteiger partial charge in [0.05, 0.1) is 12.4 Å². The van der Waals surface area contributed by atoms with E-state index in [1.807, 2.05) is 25.1 Å². The Labute approximate surface area is 127 Å². The summed E-state index contributed by atoms with van der Waals surface area (Å²) in [5, 5.41) is 0.155. The van der Waals surface area contributed by atoms with Gasteiger partial charge in [0, 0.05) is 6.04 Å². The number of thioether (sulfide) groups is 1. The van der Waals surface area contributed by atoms with Gasteiger partial charge in [-0.1, -0.05) is 30.8 Å². The summed E-state index contributed by atoms with van der Waals surface area (Å²) in [6.45, 7) is 4.00. The molecular formula is C14H19N3OS2. The molecule has 1 heterocycles. The second kappa shape index (κ2) is 7.06. The van der Waals surface area contributed by atoms with Crippen molar-refractivity contribution in [1.82, 2.24) is 9.36 Å². The number of hydrogen-bond donors (Lipinski definition) is 1. The zero-order valence-corrected chi connectivity index (χ0v) is 13.5. The molecule has 20 heavy (non-hydrogen) atoms. The quantitative estimate of drug-likeness (QED) is 0.828. The monoisotopic (exact) mass is 309 g/mol. The normalized spacial score (nSPS) is 14.0. The maximum Gasteiger partial charge on any atom is 0.170 e. The van der Waals surface area contributed by atoms with Gasteiger partial charge in [-0.15, -0.1) is 0 Å². The summed E-state index contributed by atoms with van der Waals surface area (Å²) in [6, 6.07) is 8.13. The highest BCUT2D eigenvalue weighted by molar-refractivity contribution is 8.01. The molecule has 4 nitrogen and oxygen atoms in total. The highest BCUT2D eigenvalue weighted by atomic mass is 32.2. The molecule has 2 rings (SSSR count). The van der Waals surface area contributed by atoms with E-state index in [0.717, 1.165) is 27.9 Å². The Morgan fingerprint density at radius 3 is 2.85 bits per heavy atom. The Balaban J connectivity index is 2.26. The van der Waals surface area contributed by atoms with E-state index in [1.165, 1.54) is 11.5 Å². The van der Waals surface area contributed by atoms with Gasteiger partial charge >= 0.3 is 0 Å². The Morgan fingerprint density at radius 2 is 2.25 bits per heavy atom. The summed E-state index contributed by atoms with van der Waals surface area (Å²) in [4.78, 5) is 4.42. The van der Waals surface area contributed by atoms with Crippen LogP contribution in [0.5, 0.6) is 5.75 Å². The molecule has 108 valence electrons. The molecule has 2 unspecified atom stereocenters. The molecule has 2 N–H and O–H groups in total. The number of nitrogens with zero attached hydrogens (tertiary/aromatic N) is 2. The zero-order chi connectivity index (χ0) is 14.5. The van der Waals surface area contributed by atoms with E-state index < -0.39 is 0 Å². The Kier molecular flexibility index (Phi) is 5.39. The van der Waals surface area contributed by atoms with E-state index in [-0.39, 0.29) is 11.3 Å². The lowest BCUT2D eigenvalue weighted by Gasteiger charge is -2.22. The van der Waals surface area contributed by atoms with Crippen molar-refractivity contribution in [2.24, 2.45) is 5.73 Å². The van der Waals surface area contributed by atoms with Gasteiger partial charge in [-0.3, -0.25) is 0 Å². The fourth-order valence-electron chi connectivity index (χ4n) is 1.87. The van der Waals surface area contributed by atoms with E-state index in [9.17, 15) is 0 Å². The first-order chi connectivity index (χ1) is 9.63. The maximum absolute atomic E-state index is 6.29. The van der Waals surface area contributed by atoms with Gasteiger partial charge in [0.25, 0.3) is 0 Å². The van der Waals surface area contributed by atoms with Crippen LogP contribution in [0.2, 0.25) is 0 Å². The first kappa shape index (κ1) is 15.3. The molecule has 0 fully saturated rings. The van der Waals surface area contributed by atoms with Crippen molar-refractivity contribution in [3.8, 4) is 5.75 Å². The van der Waals surface area contributed by atoms with Crippen molar-refractivity contribution in [3.63, 3.8) is 0 Å². The van der Waals surface area contributed by atoms with E-state index in [0.29, 0.717) is 0 Å². The number of aryl methyl sites for hydroxylation is 1. The lowest BCUT2D eigenvalue weighted by Crippen LogP contribution is -2.25. The molecule has 0 amide bonds. The highest BCUT2D eigenvalue weighted by Crippen LogP contribution is 2.39. The molecule has 0 saturated carbocycles. The number of aromatic nitrogens is 2. The first-order valence-corrected chi connectivity index (χ1v) is 8.15. The minimum absolute atomic E-state index is 0.0660. The molecule has 0 aliphatic carbocycles. The predicted octanol–water partition coefficient (Wildman–Crippen LogP) is 3.43. The second-order valence-electron chi connectivity index (χ2n) is 4.49. The van der Waals surface area contributed by atoms with Crippen LogP contribution in [0.25, 0.3) is 0 Å². The van der Waals surface area contributed by atoms with Crippen LogP contribution in [0, 0.1) is 6.92 Å². The van der Waals surface area contributed by atoms with Crippen molar-refractivity contribution < 1.29 is 4.74 Å². The van der Waals surface area contributed by atoms with Gasteiger partial charge in [-0.25, -0.2) is 4.98 Å². The number of rotatable bonds is 6. The Hall–Kier alpha value is -1.11. The van der Waals surface area contributed by atoms with Crippen molar-refractivity contribution in [3.05, 3.63) is 35.7 Å². The second-order valence-corrected chi connectivity index (χ2v) is 6.64. The summed E-state index contributed by atoms with van der Waals surface area (Å²) in [5.41, 5.74) is 7.45. The van der Waals surface area contributed by atoms with Gasteiger partial charge in [-0.2, -0.15) is 4.37 Å². The van der Waals surface area contributed by atoms with Gasteiger partial charge in [0.2, 0.25) is 0 Å². The first-order valence-electron chi connectivity index (χ1n) is 6.50. The van der Waals surface area contributed by atoms with Gasteiger partial charge < -0.3 is 10.5 Å². The predicted molar refractivity (Wildman–Crippen MR) is 84.5 cm³/mol. The third-order valence-electron chi connectivity index (χ3n) is 3.02. The largest absolute Gasteiger partial charge is 0.497 e. The fraction of sp³-hybridized carbons (Fsp3) is 0.429.